The fourth-order valence-electron chi connectivity index (χ4n) is 1.73. The topological polar surface area (TPSA) is 38.0 Å². The van der Waals surface area contributed by atoms with Crippen molar-refractivity contribution in [3.8, 4) is 0 Å². The maximum Gasteiger partial charge on any atom is 0.0658 e. The van der Waals surface area contributed by atoms with Crippen molar-refractivity contribution in [3.05, 3.63) is 45.6 Å². The van der Waals surface area contributed by atoms with Crippen LogP contribution in [0.1, 0.15) is 12.5 Å². The summed E-state index contributed by atoms with van der Waals surface area (Å²) in [5.41, 5.74) is 8.63. The monoisotopic (exact) mass is 266 g/mol. The number of thiophene rings is 1. The van der Waals surface area contributed by atoms with Gasteiger partial charge in [-0.15, -0.1) is 0 Å². The number of rotatable bonds is 4. The highest BCUT2D eigenvalue weighted by atomic mass is 35.5. The number of anilines is 2. The number of nitrogen functional groups attached to an aromatic ring is 1. The Labute approximate surface area is 110 Å². The van der Waals surface area contributed by atoms with Crippen LogP contribution >= 0.6 is 22.9 Å². The zero-order chi connectivity index (χ0) is 12.3. The smallest absolute Gasteiger partial charge is 0.0658 e. The molecule has 90 valence electrons. The lowest BCUT2D eigenvalue weighted by atomic mass is 10.1. The maximum atomic E-state index is 6.12. The van der Waals surface area contributed by atoms with Crippen LogP contribution in [0.2, 0.25) is 5.02 Å². The Bertz CT molecular complexity index is 482. The molecular formula is C13H15ClN2S. The van der Waals surface area contributed by atoms with E-state index in [1.54, 1.807) is 17.4 Å². The second-order valence-corrected chi connectivity index (χ2v) is 5.31. The number of halogens is 1. The summed E-state index contributed by atoms with van der Waals surface area (Å²) >= 11 is 7.84. The zero-order valence-corrected chi connectivity index (χ0v) is 11.2. The molecule has 0 saturated heterocycles. The average Bonchev–Trinajstić information content (AvgIpc) is 2.75. The van der Waals surface area contributed by atoms with Gasteiger partial charge in [0.05, 0.1) is 10.7 Å². The van der Waals surface area contributed by atoms with Gasteiger partial charge in [-0.25, -0.2) is 0 Å². The summed E-state index contributed by atoms with van der Waals surface area (Å²) in [6.07, 6.45) is 0.990. The van der Waals surface area contributed by atoms with Crippen LogP contribution in [0.3, 0.4) is 0 Å². The molecule has 1 aromatic carbocycles. The number of hydrogen-bond acceptors (Lipinski definition) is 3. The van der Waals surface area contributed by atoms with Crippen molar-refractivity contribution < 1.29 is 0 Å². The Kier molecular flexibility index (Phi) is 3.92. The summed E-state index contributed by atoms with van der Waals surface area (Å²) in [6, 6.07) is 8.02. The van der Waals surface area contributed by atoms with Gasteiger partial charge in [0.1, 0.15) is 0 Å². The molecule has 0 aliphatic heterocycles. The Morgan fingerprint density at radius 1 is 1.41 bits per heavy atom. The maximum absolute atomic E-state index is 6.12. The van der Waals surface area contributed by atoms with Gasteiger partial charge in [0.2, 0.25) is 0 Å². The zero-order valence-electron chi connectivity index (χ0n) is 9.61. The lowest BCUT2D eigenvalue weighted by Gasteiger charge is -2.16. The number of nitrogens with two attached hydrogens (primary N) is 1. The van der Waals surface area contributed by atoms with Gasteiger partial charge in [-0.1, -0.05) is 11.6 Å². The summed E-state index contributed by atoms with van der Waals surface area (Å²) in [5, 5.41) is 8.33. The molecule has 1 heterocycles. The average molecular weight is 267 g/mol. The molecule has 0 bridgehead atoms. The highest BCUT2D eigenvalue weighted by molar-refractivity contribution is 7.07. The normalized spacial score (nSPS) is 12.4. The first-order valence-electron chi connectivity index (χ1n) is 5.48. The van der Waals surface area contributed by atoms with E-state index in [1.807, 2.05) is 12.1 Å². The van der Waals surface area contributed by atoms with Crippen LogP contribution < -0.4 is 11.1 Å². The lowest BCUT2D eigenvalue weighted by Crippen LogP contribution is -2.17. The minimum absolute atomic E-state index is 0.339. The quantitative estimate of drug-likeness (QED) is 0.820. The molecule has 0 amide bonds. The molecule has 1 atom stereocenters. The Morgan fingerprint density at radius 2 is 2.24 bits per heavy atom. The van der Waals surface area contributed by atoms with E-state index in [-0.39, 0.29) is 0 Å². The first-order chi connectivity index (χ1) is 8.15. The van der Waals surface area contributed by atoms with Gasteiger partial charge in [-0.05, 0) is 53.9 Å². The van der Waals surface area contributed by atoms with Crippen molar-refractivity contribution in [2.24, 2.45) is 0 Å². The number of hydrogen-bond donors (Lipinski definition) is 2. The molecule has 3 N–H and O–H groups in total. The molecule has 0 radical (unpaired) electrons. The van der Waals surface area contributed by atoms with E-state index in [1.165, 1.54) is 5.56 Å². The Balaban J connectivity index is 2.00. The van der Waals surface area contributed by atoms with Crippen LogP contribution in [0.5, 0.6) is 0 Å². The molecule has 0 aliphatic carbocycles. The van der Waals surface area contributed by atoms with Crippen LogP contribution in [0, 0.1) is 0 Å². The third kappa shape index (κ3) is 3.38. The summed E-state index contributed by atoms with van der Waals surface area (Å²) in [5.74, 6) is 0. The third-order valence-electron chi connectivity index (χ3n) is 2.52. The highest BCUT2D eigenvalue weighted by Crippen LogP contribution is 2.25. The van der Waals surface area contributed by atoms with E-state index in [4.69, 9.17) is 17.3 Å². The van der Waals surface area contributed by atoms with Gasteiger partial charge in [0, 0.05) is 11.7 Å². The molecule has 0 aliphatic rings. The molecule has 0 spiro atoms. The fraction of sp³-hybridized carbons (Fsp3) is 0.231. The molecule has 4 heteroatoms. The Morgan fingerprint density at radius 3 is 2.88 bits per heavy atom. The van der Waals surface area contributed by atoms with Crippen molar-refractivity contribution in [1.29, 1.82) is 0 Å². The SMILES string of the molecule is CC(Cc1ccsc1)Nc1ccc(N)cc1Cl. The molecule has 2 rings (SSSR count). The first-order valence-corrected chi connectivity index (χ1v) is 6.80. The third-order valence-corrected chi connectivity index (χ3v) is 3.56. The minimum atomic E-state index is 0.339. The summed E-state index contributed by atoms with van der Waals surface area (Å²) in [7, 11) is 0. The van der Waals surface area contributed by atoms with Crippen LogP contribution in [0.25, 0.3) is 0 Å². The van der Waals surface area contributed by atoms with E-state index < -0.39 is 0 Å². The van der Waals surface area contributed by atoms with Crippen molar-refractivity contribution >= 4 is 34.3 Å². The predicted octanol–water partition coefficient (Wildman–Crippen LogP) is 4.03. The van der Waals surface area contributed by atoms with Crippen molar-refractivity contribution in [2.75, 3.05) is 11.1 Å². The van der Waals surface area contributed by atoms with E-state index in [0.29, 0.717) is 16.8 Å². The largest absolute Gasteiger partial charge is 0.399 e. The molecule has 0 fully saturated rings. The standard InChI is InChI=1S/C13H15ClN2S/c1-9(6-10-4-5-17-8-10)16-13-3-2-11(15)7-12(13)14/h2-5,7-9,16H,6,15H2,1H3. The van der Waals surface area contributed by atoms with Gasteiger partial charge < -0.3 is 11.1 Å². The van der Waals surface area contributed by atoms with Gasteiger partial charge in [0.15, 0.2) is 0 Å². The van der Waals surface area contributed by atoms with Gasteiger partial charge in [-0.3, -0.25) is 0 Å². The highest BCUT2D eigenvalue weighted by Gasteiger charge is 2.06. The van der Waals surface area contributed by atoms with Crippen LogP contribution in [0.4, 0.5) is 11.4 Å². The van der Waals surface area contributed by atoms with Crippen molar-refractivity contribution in [1.82, 2.24) is 0 Å². The van der Waals surface area contributed by atoms with Gasteiger partial charge >= 0.3 is 0 Å². The van der Waals surface area contributed by atoms with Crippen molar-refractivity contribution in [3.63, 3.8) is 0 Å². The van der Waals surface area contributed by atoms with Gasteiger partial charge in [0.25, 0.3) is 0 Å². The van der Waals surface area contributed by atoms with E-state index in [9.17, 15) is 0 Å². The first kappa shape index (κ1) is 12.3. The molecule has 2 nitrogen and oxygen atoms in total. The Hall–Kier alpha value is -1.19. The van der Waals surface area contributed by atoms with Crippen LogP contribution in [0.15, 0.2) is 35.0 Å². The number of benzene rings is 1. The molecule has 0 saturated carbocycles. The van der Waals surface area contributed by atoms with E-state index in [2.05, 4.69) is 29.1 Å². The summed E-state index contributed by atoms with van der Waals surface area (Å²) < 4.78 is 0. The molecule has 1 unspecified atom stereocenters. The predicted molar refractivity (Wildman–Crippen MR) is 77.0 cm³/mol. The summed E-state index contributed by atoms with van der Waals surface area (Å²) in [6.45, 7) is 2.14. The molecular weight excluding hydrogens is 252 g/mol. The van der Waals surface area contributed by atoms with Crippen LogP contribution in [-0.2, 0) is 6.42 Å². The second kappa shape index (κ2) is 5.43. The molecule has 17 heavy (non-hydrogen) atoms. The number of nitrogens with one attached hydrogen (secondary N) is 1. The summed E-state index contributed by atoms with van der Waals surface area (Å²) in [4.78, 5) is 0. The second-order valence-electron chi connectivity index (χ2n) is 4.12. The lowest BCUT2D eigenvalue weighted by molar-refractivity contribution is 0.793. The van der Waals surface area contributed by atoms with E-state index in [0.717, 1.165) is 12.1 Å². The van der Waals surface area contributed by atoms with Gasteiger partial charge in [-0.2, -0.15) is 11.3 Å². The minimum Gasteiger partial charge on any atom is -0.399 e. The molecule has 1 aromatic heterocycles. The van der Waals surface area contributed by atoms with Crippen molar-refractivity contribution in [2.45, 2.75) is 19.4 Å². The van der Waals surface area contributed by atoms with E-state index >= 15 is 0 Å². The fourth-order valence-corrected chi connectivity index (χ4v) is 2.65. The molecule has 2 aromatic rings. The van der Waals surface area contributed by atoms with Crippen LogP contribution in [-0.4, -0.2) is 6.04 Å².